The first-order valence-electron chi connectivity index (χ1n) is 8.61. The first kappa shape index (κ1) is 15.9. The highest BCUT2D eigenvalue weighted by Crippen LogP contribution is 2.35. The fourth-order valence-corrected chi connectivity index (χ4v) is 3.97. The van der Waals surface area contributed by atoms with Gasteiger partial charge in [0, 0.05) is 23.1 Å². The fourth-order valence-electron chi connectivity index (χ4n) is 3.97. The second-order valence-electron chi connectivity index (χ2n) is 6.88. The Balaban J connectivity index is 1.87. The lowest BCUT2D eigenvalue weighted by Gasteiger charge is -2.21. The molecule has 0 spiro atoms. The van der Waals surface area contributed by atoms with Gasteiger partial charge in [-0.25, -0.2) is 4.39 Å². The standard InChI is InChI=1S/C21H20FNO2/c1-13-4-2-3-5-15(13)12-23-19-8-6-14(21(24)25)10-17(19)18-11-16(22)7-9-20(18)23/h2-5,7,9,11,14H,6,8,10,12H2,1H3,(H,24,25). The Morgan fingerprint density at radius 3 is 2.84 bits per heavy atom. The Kier molecular flexibility index (Phi) is 3.83. The summed E-state index contributed by atoms with van der Waals surface area (Å²) in [5, 5.41) is 10.2. The number of fused-ring (bicyclic) bond motifs is 3. The van der Waals surface area contributed by atoms with Crippen LogP contribution in [0.1, 0.15) is 28.8 Å². The van der Waals surface area contributed by atoms with E-state index in [0.29, 0.717) is 19.3 Å². The number of carboxylic acids is 1. The molecular formula is C21H20FNO2. The molecule has 0 saturated heterocycles. The van der Waals surface area contributed by atoms with Gasteiger partial charge in [0.15, 0.2) is 0 Å². The number of hydrogen-bond acceptors (Lipinski definition) is 1. The summed E-state index contributed by atoms with van der Waals surface area (Å²) in [6, 6.07) is 13.1. The monoisotopic (exact) mass is 337 g/mol. The Morgan fingerprint density at radius 1 is 1.28 bits per heavy atom. The molecule has 1 heterocycles. The van der Waals surface area contributed by atoms with E-state index in [4.69, 9.17) is 0 Å². The van der Waals surface area contributed by atoms with Gasteiger partial charge in [-0.05, 0) is 61.1 Å². The molecular weight excluding hydrogens is 317 g/mol. The molecule has 2 aromatic carbocycles. The molecule has 3 aromatic rings. The van der Waals surface area contributed by atoms with Crippen molar-refractivity contribution in [3.63, 3.8) is 0 Å². The van der Waals surface area contributed by atoms with Crippen molar-refractivity contribution in [2.75, 3.05) is 0 Å². The average molecular weight is 337 g/mol. The molecule has 1 N–H and O–H groups in total. The Morgan fingerprint density at radius 2 is 2.08 bits per heavy atom. The van der Waals surface area contributed by atoms with Crippen LogP contribution in [0.15, 0.2) is 42.5 Å². The van der Waals surface area contributed by atoms with Crippen LogP contribution < -0.4 is 0 Å². The van der Waals surface area contributed by atoms with Crippen LogP contribution >= 0.6 is 0 Å². The third kappa shape index (κ3) is 2.72. The van der Waals surface area contributed by atoms with E-state index in [1.165, 1.54) is 17.2 Å². The van der Waals surface area contributed by atoms with Crippen LogP contribution in [-0.4, -0.2) is 15.6 Å². The van der Waals surface area contributed by atoms with Gasteiger partial charge in [-0.1, -0.05) is 24.3 Å². The summed E-state index contributed by atoms with van der Waals surface area (Å²) in [4.78, 5) is 11.4. The smallest absolute Gasteiger partial charge is 0.306 e. The molecule has 0 radical (unpaired) electrons. The van der Waals surface area contributed by atoms with E-state index in [9.17, 15) is 14.3 Å². The van der Waals surface area contributed by atoms with Crippen LogP contribution in [0.5, 0.6) is 0 Å². The lowest BCUT2D eigenvalue weighted by Crippen LogP contribution is -2.23. The zero-order chi connectivity index (χ0) is 17.6. The maximum absolute atomic E-state index is 13.8. The molecule has 128 valence electrons. The van der Waals surface area contributed by atoms with Crippen LogP contribution in [0.2, 0.25) is 0 Å². The first-order chi connectivity index (χ1) is 12.0. The highest BCUT2D eigenvalue weighted by Gasteiger charge is 2.29. The molecule has 0 saturated carbocycles. The van der Waals surface area contributed by atoms with Gasteiger partial charge in [-0.3, -0.25) is 4.79 Å². The molecule has 1 aliphatic carbocycles. The minimum Gasteiger partial charge on any atom is -0.481 e. The number of aliphatic carboxylic acids is 1. The fraction of sp³-hybridized carbons (Fsp3) is 0.286. The van der Waals surface area contributed by atoms with Crippen molar-refractivity contribution >= 4 is 16.9 Å². The highest BCUT2D eigenvalue weighted by molar-refractivity contribution is 5.87. The number of carboxylic acid groups (broad SMARTS) is 1. The maximum atomic E-state index is 13.8. The SMILES string of the molecule is Cc1ccccc1Cn1c2c(c3cc(F)ccc31)CC(C(=O)O)CC2. The normalized spacial score (nSPS) is 16.8. The van der Waals surface area contributed by atoms with Crippen molar-refractivity contribution < 1.29 is 14.3 Å². The Labute approximate surface area is 145 Å². The topological polar surface area (TPSA) is 42.2 Å². The average Bonchev–Trinajstić information content (AvgIpc) is 2.89. The number of nitrogens with zero attached hydrogens (tertiary/aromatic N) is 1. The van der Waals surface area contributed by atoms with Gasteiger partial charge < -0.3 is 9.67 Å². The zero-order valence-electron chi connectivity index (χ0n) is 14.1. The highest BCUT2D eigenvalue weighted by atomic mass is 19.1. The minimum absolute atomic E-state index is 0.277. The molecule has 3 nitrogen and oxygen atoms in total. The van der Waals surface area contributed by atoms with Gasteiger partial charge >= 0.3 is 5.97 Å². The third-order valence-corrected chi connectivity index (χ3v) is 5.37. The molecule has 4 heteroatoms. The molecule has 1 aromatic heterocycles. The van der Waals surface area contributed by atoms with Crippen molar-refractivity contribution in [1.82, 2.24) is 4.57 Å². The summed E-state index contributed by atoms with van der Waals surface area (Å²) in [6.07, 6.45) is 1.83. The van der Waals surface area contributed by atoms with Crippen LogP contribution in [0.4, 0.5) is 4.39 Å². The summed E-state index contributed by atoms with van der Waals surface area (Å²) in [5.74, 6) is -1.42. The number of halogens is 1. The molecule has 1 atom stereocenters. The van der Waals surface area contributed by atoms with Gasteiger partial charge in [-0.2, -0.15) is 0 Å². The third-order valence-electron chi connectivity index (χ3n) is 5.37. The van der Waals surface area contributed by atoms with E-state index < -0.39 is 5.97 Å². The zero-order valence-corrected chi connectivity index (χ0v) is 14.1. The maximum Gasteiger partial charge on any atom is 0.306 e. The van der Waals surface area contributed by atoms with E-state index >= 15 is 0 Å². The lowest BCUT2D eigenvalue weighted by molar-refractivity contribution is -0.142. The first-order valence-corrected chi connectivity index (χ1v) is 8.61. The van der Waals surface area contributed by atoms with Crippen LogP contribution in [-0.2, 0) is 24.2 Å². The quantitative estimate of drug-likeness (QED) is 0.773. The van der Waals surface area contributed by atoms with E-state index in [2.05, 4.69) is 23.6 Å². The predicted molar refractivity (Wildman–Crippen MR) is 95.3 cm³/mol. The van der Waals surface area contributed by atoms with Crippen LogP contribution in [0, 0.1) is 18.7 Å². The van der Waals surface area contributed by atoms with Crippen molar-refractivity contribution in [3.05, 3.63) is 70.7 Å². The number of hydrogen-bond donors (Lipinski definition) is 1. The molecule has 0 bridgehead atoms. The summed E-state index contributed by atoms with van der Waals surface area (Å²) in [6.45, 7) is 2.81. The Hall–Kier alpha value is -2.62. The van der Waals surface area contributed by atoms with Crippen LogP contribution in [0.3, 0.4) is 0 Å². The van der Waals surface area contributed by atoms with Crippen molar-refractivity contribution in [2.45, 2.75) is 32.7 Å². The van der Waals surface area contributed by atoms with Gasteiger partial charge in [0.1, 0.15) is 5.82 Å². The lowest BCUT2D eigenvalue weighted by atomic mass is 9.86. The van der Waals surface area contributed by atoms with Crippen molar-refractivity contribution in [1.29, 1.82) is 0 Å². The number of aryl methyl sites for hydroxylation is 1. The van der Waals surface area contributed by atoms with Gasteiger partial charge in [0.25, 0.3) is 0 Å². The van der Waals surface area contributed by atoms with Gasteiger partial charge in [-0.15, -0.1) is 0 Å². The van der Waals surface area contributed by atoms with E-state index in [1.54, 1.807) is 6.07 Å². The van der Waals surface area contributed by atoms with Crippen LogP contribution in [0.25, 0.3) is 10.9 Å². The van der Waals surface area contributed by atoms with E-state index in [0.717, 1.165) is 28.7 Å². The number of aromatic nitrogens is 1. The summed E-state index contributed by atoms with van der Waals surface area (Å²) in [5.41, 5.74) is 5.59. The molecule has 0 amide bonds. The summed E-state index contributed by atoms with van der Waals surface area (Å²) in [7, 11) is 0. The largest absolute Gasteiger partial charge is 0.481 e. The van der Waals surface area contributed by atoms with Crippen molar-refractivity contribution in [3.8, 4) is 0 Å². The molecule has 0 fully saturated rings. The molecule has 25 heavy (non-hydrogen) atoms. The van der Waals surface area contributed by atoms with Gasteiger partial charge in [0.2, 0.25) is 0 Å². The summed E-state index contributed by atoms with van der Waals surface area (Å²) >= 11 is 0. The second kappa shape index (κ2) is 6.03. The van der Waals surface area contributed by atoms with Crippen molar-refractivity contribution in [2.24, 2.45) is 5.92 Å². The van der Waals surface area contributed by atoms with Gasteiger partial charge in [0.05, 0.1) is 5.92 Å². The molecule has 4 rings (SSSR count). The number of rotatable bonds is 3. The molecule has 1 aliphatic rings. The molecule has 0 aliphatic heterocycles. The molecule has 1 unspecified atom stereocenters. The number of benzene rings is 2. The predicted octanol–water partition coefficient (Wildman–Crippen LogP) is 4.33. The minimum atomic E-state index is -0.762. The van der Waals surface area contributed by atoms with E-state index in [-0.39, 0.29) is 11.7 Å². The second-order valence-corrected chi connectivity index (χ2v) is 6.88. The summed E-state index contributed by atoms with van der Waals surface area (Å²) < 4.78 is 16.1. The Bertz CT molecular complexity index is 973. The van der Waals surface area contributed by atoms with E-state index in [1.807, 2.05) is 18.2 Å². The number of carbonyl (C=O) groups is 1.